The molecule has 0 aliphatic carbocycles. The Kier molecular flexibility index (Phi) is 5.96. The third-order valence-corrected chi connectivity index (χ3v) is 4.69. The number of carbonyl (C=O) groups excluding carboxylic acids is 1. The smallest absolute Gasteiger partial charge is 0.248 e. The van der Waals surface area contributed by atoms with Gasteiger partial charge in [0.25, 0.3) is 0 Å². The molecule has 0 fully saturated rings. The fourth-order valence-corrected chi connectivity index (χ4v) is 3.05. The summed E-state index contributed by atoms with van der Waals surface area (Å²) in [6.07, 6.45) is 6.87. The molecular formula is C23H17ClN4O2. The van der Waals surface area contributed by atoms with E-state index in [9.17, 15) is 4.79 Å². The normalized spacial score (nSPS) is 11.0. The number of hydrogen-bond donors (Lipinski definition) is 1. The van der Waals surface area contributed by atoms with Gasteiger partial charge in [0.05, 0.1) is 6.42 Å². The van der Waals surface area contributed by atoms with E-state index >= 15 is 0 Å². The Hall–Kier alpha value is -3.77. The molecule has 0 aliphatic heterocycles. The number of amides is 1. The topological polar surface area (TPSA) is 80.9 Å². The number of nitrogens with zero attached hydrogens (tertiary/aromatic N) is 3. The number of pyridine rings is 1. The van der Waals surface area contributed by atoms with Crippen molar-refractivity contribution < 1.29 is 9.32 Å². The van der Waals surface area contributed by atoms with Crippen LogP contribution in [0.15, 0.2) is 83.7 Å². The largest absolute Gasteiger partial charge is 0.339 e. The lowest BCUT2D eigenvalue weighted by atomic mass is 10.1. The zero-order chi connectivity index (χ0) is 20.8. The molecule has 4 aromatic rings. The zero-order valence-corrected chi connectivity index (χ0v) is 16.6. The number of hydrogen-bond acceptors (Lipinski definition) is 5. The van der Waals surface area contributed by atoms with Crippen LogP contribution in [0.1, 0.15) is 17.0 Å². The van der Waals surface area contributed by atoms with Crippen LogP contribution < -0.4 is 5.32 Å². The van der Waals surface area contributed by atoms with E-state index in [1.807, 2.05) is 54.6 Å². The average Bonchev–Trinajstić information content (AvgIpc) is 3.24. The first kappa shape index (κ1) is 19.5. The molecule has 0 radical (unpaired) electrons. The van der Waals surface area contributed by atoms with Gasteiger partial charge in [-0.1, -0.05) is 53.2 Å². The summed E-state index contributed by atoms with van der Waals surface area (Å²) < 4.78 is 5.38. The van der Waals surface area contributed by atoms with Crippen LogP contribution in [0, 0.1) is 0 Å². The molecule has 0 atom stereocenters. The number of para-hydroxylation sites is 1. The standard InChI is InChI=1S/C23H17ClN4O2/c24-19-7-3-1-5-16(19)9-10-21(29)26-20-8-4-2-6-18(20)15-22-27-23(28-30-22)17-11-13-25-14-12-17/h1-14H,15H2,(H,26,29)/b10-9+. The predicted octanol–water partition coefficient (Wildman–Crippen LogP) is 5.03. The Bertz CT molecular complexity index is 1190. The second-order valence-electron chi connectivity index (χ2n) is 6.43. The molecule has 0 bridgehead atoms. The lowest BCUT2D eigenvalue weighted by Crippen LogP contribution is -2.10. The van der Waals surface area contributed by atoms with Crippen molar-refractivity contribution in [2.24, 2.45) is 0 Å². The van der Waals surface area contributed by atoms with Gasteiger partial charge >= 0.3 is 0 Å². The average molecular weight is 417 g/mol. The first-order valence-electron chi connectivity index (χ1n) is 9.23. The van der Waals surface area contributed by atoms with Gasteiger partial charge in [-0.05, 0) is 41.5 Å². The maximum absolute atomic E-state index is 12.4. The van der Waals surface area contributed by atoms with Crippen molar-refractivity contribution in [3.8, 4) is 11.4 Å². The summed E-state index contributed by atoms with van der Waals surface area (Å²) in [5.41, 5.74) is 3.14. The fourth-order valence-electron chi connectivity index (χ4n) is 2.85. The third-order valence-electron chi connectivity index (χ3n) is 4.34. The minimum atomic E-state index is -0.259. The Labute approximate surface area is 178 Å². The highest BCUT2D eigenvalue weighted by atomic mass is 35.5. The Balaban J connectivity index is 1.47. The van der Waals surface area contributed by atoms with E-state index in [-0.39, 0.29) is 5.91 Å². The van der Waals surface area contributed by atoms with Crippen LogP contribution in [0.25, 0.3) is 17.5 Å². The molecule has 2 heterocycles. The van der Waals surface area contributed by atoms with Crippen molar-refractivity contribution in [2.75, 3.05) is 5.32 Å². The second kappa shape index (κ2) is 9.15. The van der Waals surface area contributed by atoms with Gasteiger partial charge in [-0.2, -0.15) is 4.98 Å². The Morgan fingerprint density at radius 1 is 1.03 bits per heavy atom. The minimum Gasteiger partial charge on any atom is -0.339 e. The number of anilines is 1. The van der Waals surface area contributed by atoms with E-state index in [4.69, 9.17) is 16.1 Å². The van der Waals surface area contributed by atoms with Crippen molar-refractivity contribution >= 4 is 29.3 Å². The maximum Gasteiger partial charge on any atom is 0.248 e. The molecule has 1 amide bonds. The van der Waals surface area contributed by atoms with Gasteiger partial charge in [-0.25, -0.2) is 0 Å². The first-order valence-corrected chi connectivity index (χ1v) is 9.61. The second-order valence-corrected chi connectivity index (χ2v) is 6.83. The molecular weight excluding hydrogens is 400 g/mol. The van der Waals surface area contributed by atoms with Crippen molar-refractivity contribution in [1.82, 2.24) is 15.1 Å². The monoisotopic (exact) mass is 416 g/mol. The summed E-state index contributed by atoms with van der Waals surface area (Å²) in [5, 5.41) is 7.50. The molecule has 0 spiro atoms. The number of carbonyl (C=O) groups is 1. The molecule has 30 heavy (non-hydrogen) atoms. The van der Waals surface area contributed by atoms with Crippen molar-refractivity contribution in [2.45, 2.75) is 6.42 Å². The van der Waals surface area contributed by atoms with Crippen LogP contribution in [0.4, 0.5) is 5.69 Å². The summed E-state index contributed by atoms with van der Waals surface area (Å²) in [4.78, 5) is 20.8. The zero-order valence-electron chi connectivity index (χ0n) is 15.8. The van der Waals surface area contributed by atoms with Crippen LogP contribution in [0.3, 0.4) is 0 Å². The highest BCUT2D eigenvalue weighted by Gasteiger charge is 2.12. The van der Waals surface area contributed by atoms with E-state index in [2.05, 4.69) is 20.4 Å². The minimum absolute atomic E-state index is 0.259. The quantitative estimate of drug-likeness (QED) is 0.446. The molecule has 0 saturated carbocycles. The molecule has 7 heteroatoms. The summed E-state index contributed by atoms with van der Waals surface area (Å²) >= 11 is 6.12. The summed E-state index contributed by atoms with van der Waals surface area (Å²) in [6, 6.07) is 18.4. The Morgan fingerprint density at radius 3 is 2.63 bits per heavy atom. The lowest BCUT2D eigenvalue weighted by molar-refractivity contribution is -0.111. The highest BCUT2D eigenvalue weighted by molar-refractivity contribution is 6.32. The van der Waals surface area contributed by atoms with Crippen molar-refractivity contribution in [3.05, 3.63) is 101 Å². The highest BCUT2D eigenvalue weighted by Crippen LogP contribution is 2.21. The first-order chi connectivity index (χ1) is 14.7. The summed E-state index contributed by atoms with van der Waals surface area (Å²) in [5.74, 6) is 0.692. The molecule has 6 nitrogen and oxygen atoms in total. The molecule has 148 valence electrons. The fraction of sp³-hybridized carbons (Fsp3) is 0.0435. The number of halogens is 1. The maximum atomic E-state index is 12.4. The summed E-state index contributed by atoms with van der Waals surface area (Å²) in [7, 11) is 0. The van der Waals surface area contributed by atoms with Gasteiger partial charge in [0, 0.05) is 34.7 Å². The molecule has 0 aliphatic rings. The van der Waals surface area contributed by atoms with Crippen LogP contribution in [-0.2, 0) is 11.2 Å². The summed E-state index contributed by atoms with van der Waals surface area (Å²) in [6.45, 7) is 0. The number of aromatic nitrogens is 3. The van der Waals surface area contributed by atoms with Gasteiger partial charge in [0.2, 0.25) is 17.6 Å². The Morgan fingerprint density at radius 2 is 1.80 bits per heavy atom. The lowest BCUT2D eigenvalue weighted by Gasteiger charge is -2.08. The molecule has 0 saturated heterocycles. The van der Waals surface area contributed by atoms with E-state index in [0.29, 0.717) is 28.8 Å². The van der Waals surface area contributed by atoms with E-state index < -0.39 is 0 Å². The number of rotatable bonds is 6. The van der Waals surface area contributed by atoms with Gasteiger partial charge in [0.1, 0.15) is 0 Å². The van der Waals surface area contributed by atoms with Crippen LogP contribution in [0.2, 0.25) is 5.02 Å². The number of nitrogens with one attached hydrogen (secondary N) is 1. The molecule has 0 unspecified atom stereocenters. The predicted molar refractivity (Wildman–Crippen MR) is 116 cm³/mol. The van der Waals surface area contributed by atoms with E-state index in [1.165, 1.54) is 6.08 Å². The van der Waals surface area contributed by atoms with Crippen LogP contribution in [0.5, 0.6) is 0 Å². The SMILES string of the molecule is O=C(/C=C/c1ccccc1Cl)Nc1ccccc1Cc1nc(-c2ccncc2)no1. The van der Waals surface area contributed by atoms with Crippen molar-refractivity contribution in [1.29, 1.82) is 0 Å². The van der Waals surface area contributed by atoms with Gasteiger partial charge in [-0.15, -0.1) is 0 Å². The molecule has 2 aromatic heterocycles. The number of benzene rings is 2. The van der Waals surface area contributed by atoms with Gasteiger partial charge < -0.3 is 9.84 Å². The van der Waals surface area contributed by atoms with Crippen molar-refractivity contribution in [3.63, 3.8) is 0 Å². The van der Waals surface area contributed by atoms with Gasteiger partial charge in [0.15, 0.2) is 0 Å². The van der Waals surface area contributed by atoms with Crippen LogP contribution in [-0.4, -0.2) is 21.0 Å². The van der Waals surface area contributed by atoms with Gasteiger partial charge in [-0.3, -0.25) is 9.78 Å². The van der Waals surface area contributed by atoms with Crippen LogP contribution >= 0.6 is 11.6 Å². The molecule has 4 rings (SSSR count). The van der Waals surface area contributed by atoms with E-state index in [1.54, 1.807) is 24.5 Å². The molecule has 2 aromatic carbocycles. The molecule has 1 N–H and O–H groups in total. The third kappa shape index (κ3) is 4.79. The van der Waals surface area contributed by atoms with E-state index in [0.717, 1.165) is 16.7 Å².